The molecule has 0 saturated carbocycles. The lowest BCUT2D eigenvalue weighted by molar-refractivity contribution is -0.147. The first kappa shape index (κ1) is 21.1. The van der Waals surface area contributed by atoms with Crippen LogP contribution in [0.3, 0.4) is 0 Å². The van der Waals surface area contributed by atoms with Crippen LogP contribution in [-0.4, -0.2) is 36.1 Å². The first-order chi connectivity index (χ1) is 14.8. The van der Waals surface area contributed by atoms with Crippen molar-refractivity contribution < 1.29 is 19.1 Å². The molecule has 2 aliphatic rings. The SMILES string of the molecule is Cc1ccc(N2N=C(C(=O)OC(C)C(=O)N3CCc4ccccc43)CCC2=O)cc1Cl. The van der Waals surface area contributed by atoms with Gasteiger partial charge in [0.1, 0.15) is 5.71 Å². The number of para-hydroxylation sites is 1. The van der Waals surface area contributed by atoms with Crippen molar-refractivity contribution in [3.05, 3.63) is 58.6 Å². The van der Waals surface area contributed by atoms with Crippen molar-refractivity contribution in [1.82, 2.24) is 0 Å². The number of esters is 1. The molecule has 1 unspecified atom stereocenters. The highest BCUT2D eigenvalue weighted by molar-refractivity contribution is 6.38. The van der Waals surface area contributed by atoms with Gasteiger partial charge in [-0.15, -0.1) is 0 Å². The molecule has 0 aromatic heterocycles. The summed E-state index contributed by atoms with van der Waals surface area (Å²) in [6.07, 6.45) is 0.0646. The van der Waals surface area contributed by atoms with Crippen LogP contribution >= 0.6 is 11.6 Å². The predicted octanol–water partition coefficient (Wildman–Crippen LogP) is 3.65. The molecular formula is C23H22ClN3O4. The summed E-state index contributed by atoms with van der Waals surface area (Å²) in [5.74, 6) is -1.23. The number of rotatable bonds is 4. The van der Waals surface area contributed by atoms with Gasteiger partial charge in [-0.2, -0.15) is 5.10 Å². The molecule has 0 aliphatic carbocycles. The number of carbonyl (C=O) groups is 3. The van der Waals surface area contributed by atoms with Crippen LogP contribution in [0.1, 0.15) is 30.9 Å². The van der Waals surface area contributed by atoms with E-state index in [-0.39, 0.29) is 30.4 Å². The Balaban J connectivity index is 1.48. The minimum Gasteiger partial charge on any atom is -0.448 e. The van der Waals surface area contributed by atoms with Crippen molar-refractivity contribution in [2.24, 2.45) is 5.10 Å². The van der Waals surface area contributed by atoms with Crippen LogP contribution in [0.25, 0.3) is 0 Å². The number of aryl methyl sites for hydroxylation is 1. The fourth-order valence-corrected chi connectivity index (χ4v) is 3.86. The van der Waals surface area contributed by atoms with E-state index in [1.807, 2.05) is 31.2 Å². The highest BCUT2D eigenvalue weighted by Crippen LogP contribution is 2.29. The van der Waals surface area contributed by atoms with Crippen molar-refractivity contribution in [2.75, 3.05) is 16.5 Å². The molecular weight excluding hydrogens is 418 g/mol. The fraction of sp³-hybridized carbons (Fsp3) is 0.304. The smallest absolute Gasteiger partial charge is 0.355 e. The van der Waals surface area contributed by atoms with Gasteiger partial charge in [-0.25, -0.2) is 9.80 Å². The zero-order valence-corrected chi connectivity index (χ0v) is 18.1. The Kier molecular flexibility index (Phi) is 5.78. The highest BCUT2D eigenvalue weighted by Gasteiger charge is 2.32. The fourth-order valence-electron chi connectivity index (χ4n) is 3.68. The lowest BCUT2D eigenvalue weighted by Crippen LogP contribution is -2.41. The second-order valence-electron chi connectivity index (χ2n) is 7.60. The van der Waals surface area contributed by atoms with E-state index in [0.29, 0.717) is 17.3 Å². The van der Waals surface area contributed by atoms with Crippen LogP contribution in [0.15, 0.2) is 47.6 Å². The topological polar surface area (TPSA) is 79.3 Å². The van der Waals surface area contributed by atoms with E-state index in [0.717, 1.165) is 28.2 Å². The van der Waals surface area contributed by atoms with Crippen LogP contribution in [-0.2, 0) is 25.5 Å². The Bertz CT molecular complexity index is 1100. The zero-order valence-electron chi connectivity index (χ0n) is 17.3. The number of fused-ring (bicyclic) bond motifs is 1. The number of hydrogen-bond acceptors (Lipinski definition) is 5. The largest absolute Gasteiger partial charge is 0.448 e. The van der Waals surface area contributed by atoms with E-state index in [4.69, 9.17) is 16.3 Å². The minimum atomic E-state index is -0.971. The molecule has 1 atom stereocenters. The maximum atomic E-state index is 12.9. The van der Waals surface area contributed by atoms with E-state index in [9.17, 15) is 14.4 Å². The van der Waals surface area contributed by atoms with Gasteiger partial charge in [-0.3, -0.25) is 9.59 Å². The van der Waals surface area contributed by atoms with Crippen molar-refractivity contribution in [3.63, 3.8) is 0 Å². The number of halogens is 1. The average Bonchev–Trinajstić information content (AvgIpc) is 3.19. The summed E-state index contributed by atoms with van der Waals surface area (Å²) < 4.78 is 5.42. The van der Waals surface area contributed by atoms with E-state index in [1.165, 1.54) is 0 Å². The summed E-state index contributed by atoms with van der Waals surface area (Å²) >= 11 is 6.16. The van der Waals surface area contributed by atoms with Crippen molar-refractivity contribution in [1.29, 1.82) is 0 Å². The Hall–Kier alpha value is -3.19. The molecule has 2 aromatic carbocycles. The maximum Gasteiger partial charge on any atom is 0.355 e. The number of carbonyl (C=O) groups excluding carboxylic acids is 3. The Morgan fingerprint density at radius 3 is 2.68 bits per heavy atom. The second kappa shape index (κ2) is 8.51. The number of amides is 2. The number of benzene rings is 2. The number of anilines is 2. The molecule has 0 radical (unpaired) electrons. The lowest BCUT2D eigenvalue weighted by atomic mass is 10.1. The summed E-state index contributed by atoms with van der Waals surface area (Å²) in [5, 5.41) is 5.85. The van der Waals surface area contributed by atoms with Crippen LogP contribution < -0.4 is 9.91 Å². The molecule has 160 valence electrons. The number of ether oxygens (including phenoxy) is 1. The van der Waals surface area contributed by atoms with Gasteiger partial charge in [0.2, 0.25) is 5.91 Å². The van der Waals surface area contributed by atoms with Gasteiger partial charge in [0.15, 0.2) is 6.10 Å². The third kappa shape index (κ3) is 4.18. The first-order valence-corrected chi connectivity index (χ1v) is 10.5. The van der Waals surface area contributed by atoms with Gasteiger partial charge >= 0.3 is 5.97 Å². The lowest BCUT2D eigenvalue weighted by Gasteiger charge is -2.25. The summed E-state index contributed by atoms with van der Waals surface area (Å²) in [4.78, 5) is 39.5. The van der Waals surface area contributed by atoms with E-state index >= 15 is 0 Å². The molecule has 0 saturated heterocycles. The second-order valence-corrected chi connectivity index (χ2v) is 8.01. The van der Waals surface area contributed by atoms with Crippen LogP contribution in [0.5, 0.6) is 0 Å². The quantitative estimate of drug-likeness (QED) is 0.681. The van der Waals surface area contributed by atoms with Crippen molar-refractivity contribution in [3.8, 4) is 0 Å². The van der Waals surface area contributed by atoms with Gasteiger partial charge in [0.25, 0.3) is 5.91 Å². The molecule has 4 rings (SSSR count). The van der Waals surface area contributed by atoms with E-state index in [2.05, 4.69) is 5.10 Å². The zero-order chi connectivity index (χ0) is 22.1. The molecule has 2 aromatic rings. The molecule has 7 nitrogen and oxygen atoms in total. The Morgan fingerprint density at radius 2 is 1.90 bits per heavy atom. The Morgan fingerprint density at radius 1 is 1.13 bits per heavy atom. The van der Waals surface area contributed by atoms with Crippen LogP contribution in [0.2, 0.25) is 5.02 Å². The van der Waals surface area contributed by atoms with E-state index < -0.39 is 12.1 Å². The number of hydrazone groups is 1. The van der Waals surface area contributed by atoms with Gasteiger partial charge < -0.3 is 9.64 Å². The van der Waals surface area contributed by atoms with Crippen molar-refractivity contribution >= 4 is 46.5 Å². The minimum absolute atomic E-state index is 0.0952. The summed E-state index contributed by atoms with van der Waals surface area (Å²) in [7, 11) is 0. The van der Waals surface area contributed by atoms with Gasteiger partial charge in [0.05, 0.1) is 5.69 Å². The molecule has 2 aliphatic heterocycles. The Labute approximate surface area is 185 Å². The monoisotopic (exact) mass is 439 g/mol. The molecule has 2 heterocycles. The molecule has 0 spiro atoms. The van der Waals surface area contributed by atoms with Gasteiger partial charge in [-0.1, -0.05) is 35.9 Å². The number of hydrogen-bond donors (Lipinski definition) is 0. The third-order valence-electron chi connectivity index (χ3n) is 5.45. The normalized spacial score (nSPS) is 16.6. The summed E-state index contributed by atoms with van der Waals surface area (Å²) in [6.45, 7) is 3.96. The van der Waals surface area contributed by atoms with Crippen LogP contribution in [0, 0.1) is 6.92 Å². The first-order valence-electron chi connectivity index (χ1n) is 10.1. The van der Waals surface area contributed by atoms with Crippen molar-refractivity contribution in [2.45, 2.75) is 39.2 Å². The van der Waals surface area contributed by atoms with Gasteiger partial charge in [0, 0.05) is 30.1 Å². The number of nitrogens with zero attached hydrogens (tertiary/aromatic N) is 3. The van der Waals surface area contributed by atoms with Gasteiger partial charge in [-0.05, 0) is 49.6 Å². The van der Waals surface area contributed by atoms with E-state index in [1.54, 1.807) is 30.0 Å². The molecule has 2 amide bonds. The molecule has 31 heavy (non-hydrogen) atoms. The third-order valence-corrected chi connectivity index (χ3v) is 5.86. The molecule has 0 bridgehead atoms. The molecule has 8 heteroatoms. The standard InChI is InChI=1S/C23H22ClN3O4/c1-14-7-8-17(13-18(14)24)27-21(28)10-9-19(25-27)23(30)31-15(2)22(29)26-12-11-16-5-3-4-6-20(16)26/h3-8,13,15H,9-12H2,1-2H3. The summed E-state index contributed by atoms with van der Waals surface area (Å²) in [6, 6.07) is 12.8. The summed E-state index contributed by atoms with van der Waals surface area (Å²) in [5.41, 5.74) is 3.38. The predicted molar refractivity (Wildman–Crippen MR) is 118 cm³/mol. The molecule has 0 fully saturated rings. The van der Waals surface area contributed by atoms with Crippen LogP contribution in [0.4, 0.5) is 11.4 Å². The highest BCUT2D eigenvalue weighted by atomic mass is 35.5. The average molecular weight is 440 g/mol. The molecule has 0 N–H and O–H groups in total. The maximum absolute atomic E-state index is 12.9.